The van der Waals surface area contributed by atoms with Crippen LogP contribution in [0.25, 0.3) is 6.08 Å². The van der Waals surface area contributed by atoms with E-state index in [0.29, 0.717) is 16.8 Å². The first-order chi connectivity index (χ1) is 7.19. The second-order valence-electron chi connectivity index (χ2n) is 2.80. The molecule has 4 nitrogen and oxygen atoms in total. The standard InChI is InChI=1S/C11H10N2O2/c1-15-11(14)9-5-4-8(3-2-6-12)10(13)7-9/h2-5,7H,13H2,1H3. The highest BCUT2D eigenvalue weighted by atomic mass is 16.5. The molecule has 0 amide bonds. The minimum Gasteiger partial charge on any atom is -0.465 e. The van der Waals surface area contributed by atoms with Gasteiger partial charge in [-0.3, -0.25) is 0 Å². The topological polar surface area (TPSA) is 76.1 Å². The van der Waals surface area contributed by atoms with E-state index in [9.17, 15) is 4.79 Å². The van der Waals surface area contributed by atoms with E-state index in [0.717, 1.165) is 0 Å². The molecule has 0 unspecified atom stereocenters. The van der Waals surface area contributed by atoms with Crippen LogP contribution in [0, 0.1) is 11.3 Å². The Morgan fingerprint density at radius 1 is 1.60 bits per heavy atom. The molecule has 0 fully saturated rings. The van der Waals surface area contributed by atoms with Gasteiger partial charge in [-0.15, -0.1) is 0 Å². The van der Waals surface area contributed by atoms with Crippen LogP contribution in [-0.4, -0.2) is 13.1 Å². The number of nitrogen functional groups attached to an aromatic ring is 1. The van der Waals surface area contributed by atoms with Crippen LogP contribution in [0.15, 0.2) is 24.3 Å². The second kappa shape index (κ2) is 4.82. The summed E-state index contributed by atoms with van der Waals surface area (Å²) >= 11 is 0. The number of anilines is 1. The number of allylic oxidation sites excluding steroid dienone is 1. The molecule has 0 aliphatic heterocycles. The van der Waals surface area contributed by atoms with Crippen molar-refractivity contribution in [1.82, 2.24) is 0 Å². The zero-order valence-electron chi connectivity index (χ0n) is 8.23. The predicted molar refractivity (Wildman–Crippen MR) is 56.8 cm³/mol. The lowest BCUT2D eigenvalue weighted by molar-refractivity contribution is 0.0601. The number of nitrogens with two attached hydrogens (primary N) is 1. The summed E-state index contributed by atoms with van der Waals surface area (Å²) in [5.41, 5.74) is 7.21. The van der Waals surface area contributed by atoms with Gasteiger partial charge in [-0.25, -0.2) is 4.79 Å². The van der Waals surface area contributed by atoms with Gasteiger partial charge < -0.3 is 10.5 Å². The van der Waals surface area contributed by atoms with E-state index in [1.54, 1.807) is 18.2 Å². The summed E-state index contributed by atoms with van der Waals surface area (Å²) in [4.78, 5) is 11.1. The van der Waals surface area contributed by atoms with Crippen molar-refractivity contribution in [2.75, 3.05) is 12.8 Å². The molecule has 0 spiro atoms. The van der Waals surface area contributed by atoms with Crippen LogP contribution in [0.3, 0.4) is 0 Å². The Balaban J connectivity index is 3.04. The zero-order valence-corrected chi connectivity index (χ0v) is 8.23. The molecule has 0 aliphatic rings. The van der Waals surface area contributed by atoms with Crippen molar-refractivity contribution in [2.45, 2.75) is 0 Å². The van der Waals surface area contributed by atoms with Crippen LogP contribution in [0.1, 0.15) is 15.9 Å². The molecule has 0 radical (unpaired) electrons. The van der Waals surface area contributed by atoms with E-state index in [1.807, 2.05) is 6.07 Å². The van der Waals surface area contributed by atoms with E-state index in [2.05, 4.69) is 4.74 Å². The Hall–Kier alpha value is -2.28. The third-order valence-corrected chi connectivity index (χ3v) is 1.85. The van der Waals surface area contributed by atoms with Gasteiger partial charge in [-0.2, -0.15) is 5.26 Å². The number of carbonyl (C=O) groups excluding carboxylic acids is 1. The van der Waals surface area contributed by atoms with Gasteiger partial charge in [0.1, 0.15) is 0 Å². The highest BCUT2D eigenvalue weighted by Crippen LogP contribution is 2.16. The van der Waals surface area contributed by atoms with E-state index in [4.69, 9.17) is 11.0 Å². The van der Waals surface area contributed by atoms with Gasteiger partial charge in [0, 0.05) is 11.8 Å². The number of methoxy groups -OCH3 is 1. The summed E-state index contributed by atoms with van der Waals surface area (Å²) in [7, 11) is 1.31. The minimum absolute atomic E-state index is 0.393. The lowest BCUT2D eigenvalue weighted by atomic mass is 10.1. The third-order valence-electron chi connectivity index (χ3n) is 1.85. The molecule has 1 aromatic carbocycles. The maximum absolute atomic E-state index is 11.1. The number of ether oxygens (including phenoxy) is 1. The van der Waals surface area contributed by atoms with Crippen LogP contribution in [0.2, 0.25) is 0 Å². The number of hydrogen-bond acceptors (Lipinski definition) is 4. The number of benzene rings is 1. The molecule has 0 heterocycles. The van der Waals surface area contributed by atoms with Crippen LogP contribution in [0.4, 0.5) is 5.69 Å². The monoisotopic (exact) mass is 202 g/mol. The molecule has 0 aromatic heterocycles. The summed E-state index contributed by atoms with van der Waals surface area (Å²) in [6, 6.07) is 6.64. The quantitative estimate of drug-likeness (QED) is 0.449. The first-order valence-electron chi connectivity index (χ1n) is 4.23. The number of esters is 1. The van der Waals surface area contributed by atoms with E-state index in [1.165, 1.54) is 19.3 Å². The first kappa shape index (κ1) is 10.8. The van der Waals surface area contributed by atoms with E-state index in [-0.39, 0.29) is 0 Å². The fraction of sp³-hybridized carbons (Fsp3) is 0.0909. The number of nitriles is 1. The molecule has 2 N–H and O–H groups in total. The highest BCUT2D eigenvalue weighted by Gasteiger charge is 2.06. The van der Waals surface area contributed by atoms with Crippen LogP contribution in [-0.2, 0) is 4.74 Å². The number of carbonyl (C=O) groups is 1. The zero-order chi connectivity index (χ0) is 11.3. The van der Waals surface area contributed by atoms with Gasteiger partial charge in [0.05, 0.1) is 18.7 Å². The van der Waals surface area contributed by atoms with Crippen molar-refractivity contribution >= 4 is 17.7 Å². The Labute approximate surface area is 87.6 Å². The Bertz CT molecular complexity index is 444. The fourth-order valence-corrected chi connectivity index (χ4v) is 1.10. The Morgan fingerprint density at radius 2 is 2.33 bits per heavy atom. The lowest BCUT2D eigenvalue weighted by Gasteiger charge is -2.03. The van der Waals surface area contributed by atoms with Crippen molar-refractivity contribution in [1.29, 1.82) is 5.26 Å². The second-order valence-corrected chi connectivity index (χ2v) is 2.80. The first-order valence-corrected chi connectivity index (χ1v) is 4.23. The van der Waals surface area contributed by atoms with Gasteiger partial charge >= 0.3 is 5.97 Å². The molecule has 4 heteroatoms. The summed E-state index contributed by atoms with van der Waals surface area (Å²) in [5.74, 6) is -0.433. The molecular formula is C11H10N2O2. The largest absolute Gasteiger partial charge is 0.465 e. The number of rotatable bonds is 2. The average molecular weight is 202 g/mol. The highest BCUT2D eigenvalue weighted by molar-refractivity contribution is 5.91. The number of hydrogen-bond donors (Lipinski definition) is 1. The molecule has 0 saturated heterocycles. The average Bonchev–Trinajstić information content (AvgIpc) is 2.26. The SMILES string of the molecule is COC(=O)c1ccc(C=CC#N)c(N)c1. The van der Waals surface area contributed by atoms with Gasteiger partial charge in [-0.1, -0.05) is 6.07 Å². The summed E-state index contributed by atoms with van der Waals surface area (Å²) in [5, 5.41) is 8.35. The molecule has 0 atom stereocenters. The van der Waals surface area contributed by atoms with Gasteiger partial charge in [0.2, 0.25) is 0 Å². The van der Waals surface area contributed by atoms with Crippen molar-refractivity contribution in [3.8, 4) is 6.07 Å². The fourth-order valence-electron chi connectivity index (χ4n) is 1.10. The van der Waals surface area contributed by atoms with Crippen LogP contribution in [0.5, 0.6) is 0 Å². The van der Waals surface area contributed by atoms with Gasteiger partial charge in [0.25, 0.3) is 0 Å². The maximum atomic E-state index is 11.1. The smallest absolute Gasteiger partial charge is 0.337 e. The Kier molecular flexibility index (Phi) is 3.47. The summed E-state index contributed by atoms with van der Waals surface area (Å²) in [6.45, 7) is 0. The van der Waals surface area contributed by atoms with E-state index < -0.39 is 5.97 Å². The third kappa shape index (κ3) is 2.58. The predicted octanol–water partition coefficient (Wildman–Crippen LogP) is 1.59. The van der Waals surface area contributed by atoms with Gasteiger partial charge in [0.15, 0.2) is 0 Å². The Morgan fingerprint density at radius 3 is 2.87 bits per heavy atom. The lowest BCUT2D eigenvalue weighted by Crippen LogP contribution is -2.02. The van der Waals surface area contributed by atoms with Crippen molar-refractivity contribution < 1.29 is 9.53 Å². The van der Waals surface area contributed by atoms with Crippen molar-refractivity contribution in [2.24, 2.45) is 0 Å². The maximum Gasteiger partial charge on any atom is 0.337 e. The minimum atomic E-state index is -0.433. The molecule has 0 bridgehead atoms. The molecular weight excluding hydrogens is 192 g/mol. The van der Waals surface area contributed by atoms with Crippen molar-refractivity contribution in [3.63, 3.8) is 0 Å². The molecule has 1 aromatic rings. The van der Waals surface area contributed by atoms with Crippen LogP contribution < -0.4 is 5.73 Å². The van der Waals surface area contributed by atoms with Gasteiger partial charge in [-0.05, 0) is 23.8 Å². The molecule has 15 heavy (non-hydrogen) atoms. The summed E-state index contributed by atoms with van der Waals surface area (Å²) in [6.07, 6.45) is 2.90. The molecule has 0 saturated carbocycles. The molecule has 1 rings (SSSR count). The molecule has 0 aliphatic carbocycles. The number of nitrogens with zero attached hydrogens (tertiary/aromatic N) is 1. The van der Waals surface area contributed by atoms with Crippen molar-refractivity contribution in [3.05, 3.63) is 35.4 Å². The van der Waals surface area contributed by atoms with Crippen LogP contribution >= 0.6 is 0 Å². The molecule has 76 valence electrons. The van der Waals surface area contributed by atoms with E-state index >= 15 is 0 Å². The summed E-state index contributed by atoms with van der Waals surface area (Å²) < 4.78 is 4.55. The normalized spacial score (nSPS) is 9.87.